The van der Waals surface area contributed by atoms with Gasteiger partial charge in [0.25, 0.3) is 0 Å². The van der Waals surface area contributed by atoms with Crippen LogP contribution in [0.4, 0.5) is 19.0 Å². The Bertz CT molecular complexity index is 554. The zero-order valence-electron chi connectivity index (χ0n) is 13.4. The highest BCUT2D eigenvalue weighted by Crippen LogP contribution is 2.31. The van der Waals surface area contributed by atoms with E-state index in [0.29, 0.717) is 6.04 Å². The van der Waals surface area contributed by atoms with E-state index in [0.717, 1.165) is 57.7 Å². The molecule has 3 rings (SSSR count). The molecule has 1 aromatic heterocycles. The van der Waals surface area contributed by atoms with E-state index in [2.05, 4.69) is 15.2 Å². The number of hydrogen-bond acceptors (Lipinski definition) is 5. The Kier molecular flexibility index (Phi) is 5.27. The lowest BCUT2D eigenvalue weighted by molar-refractivity contribution is -0.137. The van der Waals surface area contributed by atoms with Gasteiger partial charge >= 0.3 is 6.18 Å². The van der Waals surface area contributed by atoms with Crippen molar-refractivity contribution in [3.63, 3.8) is 0 Å². The Morgan fingerprint density at radius 2 is 2.00 bits per heavy atom. The molecule has 1 unspecified atom stereocenters. The fraction of sp³-hybridized carbons (Fsp3) is 0.688. The number of nitrogens with zero attached hydrogens (tertiary/aromatic N) is 2. The number of aliphatic hydroxyl groups is 1. The fourth-order valence-corrected chi connectivity index (χ4v) is 3.33. The van der Waals surface area contributed by atoms with Crippen LogP contribution in [0.15, 0.2) is 12.1 Å². The second-order valence-electron chi connectivity index (χ2n) is 6.36. The van der Waals surface area contributed by atoms with Gasteiger partial charge in [-0.3, -0.25) is 4.90 Å². The van der Waals surface area contributed by atoms with E-state index in [1.54, 1.807) is 0 Å². The number of hydrogen-bond donors (Lipinski definition) is 2. The van der Waals surface area contributed by atoms with Crippen molar-refractivity contribution in [3.8, 4) is 0 Å². The number of nitrogens with one attached hydrogen (secondary N) is 1. The molecule has 2 aliphatic rings. The quantitative estimate of drug-likeness (QED) is 0.877. The van der Waals surface area contributed by atoms with Gasteiger partial charge in [-0.2, -0.15) is 13.2 Å². The lowest BCUT2D eigenvalue weighted by Gasteiger charge is -2.35. The average molecular weight is 345 g/mol. The van der Waals surface area contributed by atoms with E-state index in [-0.39, 0.29) is 17.6 Å². The maximum atomic E-state index is 12.9. The highest BCUT2D eigenvalue weighted by atomic mass is 19.4. The van der Waals surface area contributed by atoms with Gasteiger partial charge in [0.1, 0.15) is 5.82 Å². The van der Waals surface area contributed by atoms with Crippen LogP contribution in [0, 0.1) is 0 Å². The molecule has 2 fully saturated rings. The largest absolute Gasteiger partial charge is 0.416 e. The Morgan fingerprint density at radius 3 is 2.58 bits per heavy atom. The average Bonchev–Trinajstić information content (AvgIpc) is 3.09. The second-order valence-corrected chi connectivity index (χ2v) is 6.36. The highest BCUT2D eigenvalue weighted by molar-refractivity contribution is 5.41. The van der Waals surface area contributed by atoms with Gasteiger partial charge in [-0.1, -0.05) is 0 Å². The second kappa shape index (κ2) is 7.25. The first-order chi connectivity index (χ1) is 11.5. The molecule has 24 heavy (non-hydrogen) atoms. The molecule has 5 nitrogen and oxygen atoms in total. The Morgan fingerprint density at radius 1 is 1.25 bits per heavy atom. The van der Waals surface area contributed by atoms with Crippen LogP contribution in [0.1, 0.15) is 30.5 Å². The first kappa shape index (κ1) is 17.4. The molecule has 8 heteroatoms. The summed E-state index contributed by atoms with van der Waals surface area (Å²) in [6, 6.07) is 2.45. The third-order valence-electron chi connectivity index (χ3n) is 4.67. The molecule has 0 aromatic carbocycles. The summed E-state index contributed by atoms with van der Waals surface area (Å²) < 4.78 is 44.2. The van der Waals surface area contributed by atoms with Gasteiger partial charge in [0.2, 0.25) is 0 Å². The lowest BCUT2D eigenvalue weighted by Crippen LogP contribution is -2.45. The number of aromatic nitrogens is 1. The molecule has 0 radical (unpaired) electrons. The van der Waals surface area contributed by atoms with Crippen LogP contribution in [0.3, 0.4) is 0 Å². The highest BCUT2D eigenvalue weighted by Gasteiger charge is 2.32. The molecular weight excluding hydrogens is 323 g/mol. The summed E-state index contributed by atoms with van der Waals surface area (Å²) >= 11 is 0. The summed E-state index contributed by atoms with van der Waals surface area (Å²) in [5, 5.41) is 12.2. The fourth-order valence-electron chi connectivity index (χ4n) is 3.33. The van der Waals surface area contributed by atoms with Crippen molar-refractivity contribution in [2.45, 2.75) is 44.1 Å². The number of likely N-dealkylation sites (tertiary alicyclic amines) is 1. The van der Waals surface area contributed by atoms with Crippen LogP contribution < -0.4 is 5.32 Å². The first-order valence-electron chi connectivity index (χ1n) is 8.23. The Labute approximate surface area is 138 Å². The number of rotatable bonds is 4. The molecule has 2 aliphatic heterocycles. The van der Waals surface area contributed by atoms with E-state index in [4.69, 9.17) is 9.84 Å². The van der Waals surface area contributed by atoms with Crippen LogP contribution in [-0.4, -0.2) is 53.4 Å². The normalized spacial score (nSPS) is 23.6. The third kappa shape index (κ3) is 4.17. The molecule has 0 amide bonds. The van der Waals surface area contributed by atoms with Crippen molar-refractivity contribution in [2.75, 3.05) is 31.6 Å². The van der Waals surface area contributed by atoms with Gasteiger partial charge in [0.05, 0.1) is 24.5 Å². The van der Waals surface area contributed by atoms with Gasteiger partial charge < -0.3 is 15.2 Å². The zero-order valence-corrected chi connectivity index (χ0v) is 13.4. The standard InChI is InChI=1S/C16H22F3N3O2/c17-16(18,19)11-7-13(9-23)21-15(8-11)20-12-1-4-22(5-2-12)14-3-6-24-10-14/h7-8,12,14,23H,1-6,9-10H2,(H,20,21). The van der Waals surface area contributed by atoms with Crippen molar-refractivity contribution in [1.82, 2.24) is 9.88 Å². The summed E-state index contributed by atoms with van der Waals surface area (Å²) in [5.74, 6) is 0.177. The van der Waals surface area contributed by atoms with Crippen molar-refractivity contribution in [2.24, 2.45) is 0 Å². The number of halogens is 3. The van der Waals surface area contributed by atoms with Crippen LogP contribution in [0.2, 0.25) is 0 Å². The van der Waals surface area contributed by atoms with E-state index >= 15 is 0 Å². The summed E-state index contributed by atoms with van der Waals surface area (Å²) in [6.07, 6.45) is -1.70. The van der Waals surface area contributed by atoms with E-state index < -0.39 is 18.3 Å². The molecule has 0 saturated carbocycles. The molecule has 1 aromatic rings. The molecule has 0 spiro atoms. The van der Waals surface area contributed by atoms with E-state index in [9.17, 15) is 13.2 Å². The van der Waals surface area contributed by atoms with Crippen LogP contribution in [0.25, 0.3) is 0 Å². The molecule has 0 aliphatic carbocycles. The minimum atomic E-state index is -4.45. The number of anilines is 1. The van der Waals surface area contributed by atoms with E-state index in [1.807, 2.05) is 0 Å². The smallest absolute Gasteiger partial charge is 0.390 e. The summed E-state index contributed by atoms with van der Waals surface area (Å²) in [5.41, 5.74) is -0.766. The molecular formula is C16H22F3N3O2. The Hall–Kier alpha value is -1.38. The predicted molar refractivity (Wildman–Crippen MR) is 82.6 cm³/mol. The van der Waals surface area contributed by atoms with Crippen LogP contribution in [0.5, 0.6) is 0 Å². The number of pyridine rings is 1. The van der Waals surface area contributed by atoms with E-state index in [1.165, 1.54) is 0 Å². The minimum Gasteiger partial charge on any atom is -0.390 e. The van der Waals surface area contributed by atoms with Gasteiger partial charge in [-0.25, -0.2) is 4.98 Å². The third-order valence-corrected chi connectivity index (χ3v) is 4.67. The molecule has 0 bridgehead atoms. The van der Waals surface area contributed by atoms with Gasteiger partial charge in [-0.05, 0) is 31.4 Å². The van der Waals surface area contributed by atoms with Crippen LogP contribution in [-0.2, 0) is 17.5 Å². The van der Waals surface area contributed by atoms with Gasteiger partial charge in [0, 0.05) is 31.8 Å². The monoisotopic (exact) mass is 345 g/mol. The number of aliphatic hydroxyl groups excluding tert-OH is 1. The molecule has 2 N–H and O–H groups in total. The summed E-state index contributed by atoms with van der Waals surface area (Å²) in [4.78, 5) is 6.45. The molecule has 134 valence electrons. The maximum absolute atomic E-state index is 12.9. The molecule has 3 heterocycles. The SMILES string of the molecule is OCc1cc(C(F)(F)F)cc(NC2CCN(C3CCOC3)CC2)n1. The molecule has 2 saturated heterocycles. The van der Waals surface area contributed by atoms with Crippen molar-refractivity contribution in [1.29, 1.82) is 0 Å². The number of ether oxygens (including phenoxy) is 1. The summed E-state index contributed by atoms with van der Waals surface area (Å²) in [6.45, 7) is 2.86. The number of piperidine rings is 1. The predicted octanol–water partition coefficient (Wildman–Crippen LogP) is 2.26. The first-order valence-corrected chi connectivity index (χ1v) is 8.23. The maximum Gasteiger partial charge on any atom is 0.416 e. The van der Waals surface area contributed by atoms with Crippen molar-refractivity contribution in [3.05, 3.63) is 23.4 Å². The van der Waals surface area contributed by atoms with Crippen molar-refractivity contribution >= 4 is 5.82 Å². The van der Waals surface area contributed by atoms with Gasteiger partial charge in [0.15, 0.2) is 0 Å². The Balaban J connectivity index is 1.62. The zero-order chi connectivity index (χ0) is 17.2. The van der Waals surface area contributed by atoms with Crippen LogP contribution >= 0.6 is 0 Å². The topological polar surface area (TPSA) is 57.6 Å². The number of alkyl halides is 3. The summed E-state index contributed by atoms with van der Waals surface area (Å²) in [7, 11) is 0. The minimum absolute atomic E-state index is 0.0212. The molecule has 1 atom stereocenters. The lowest BCUT2D eigenvalue weighted by atomic mass is 10.0. The van der Waals surface area contributed by atoms with Crippen molar-refractivity contribution < 1.29 is 23.0 Å². The van der Waals surface area contributed by atoms with Gasteiger partial charge in [-0.15, -0.1) is 0 Å².